The van der Waals surface area contributed by atoms with Gasteiger partial charge in [0, 0.05) is 18.0 Å². The molecule has 0 bridgehead atoms. The highest BCUT2D eigenvalue weighted by molar-refractivity contribution is 7.91. The van der Waals surface area contributed by atoms with E-state index in [9.17, 15) is 8.42 Å². The molecule has 4 nitrogen and oxygen atoms in total. The maximum atomic E-state index is 11.9. The molecule has 1 unspecified atom stereocenters. The highest BCUT2D eigenvalue weighted by Crippen LogP contribution is 2.20. The van der Waals surface area contributed by atoms with Crippen molar-refractivity contribution in [3.05, 3.63) is 17.0 Å². The van der Waals surface area contributed by atoms with E-state index in [0.29, 0.717) is 17.2 Å². The van der Waals surface area contributed by atoms with Crippen LogP contribution in [0, 0.1) is 12.8 Å². The van der Waals surface area contributed by atoms with Crippen molar-refractivity contribution in [1.82, 2.24) is 4.72 Å². The number of aliphatic hydroxyl groups excluding tert-OH is 1. The Labute approximate surface area is 107 Å². The zero-order valence-electron chi connectivity index (χ0n) is 10.1. The molecular formula is C11H19NO3S2. The van der Waals surface area contributed by atoms with E-state index in [4.69, 9.17) is 5.11 Å². The first-order valence-electron chi connectivity index (χ1n) is 5.66. The molecule has 1 heterocycles. The fourth-order valence-corrected chi connectivity index (χ4v) is 3.93. The number of rotatable bonds is 7. The second-order valence-electron chi connectivity index (χ2n) is 4.00. The van der Waals surface area contributed by atoms with Gasteiger partial charge in [-0.1, -0.05) is 13.3 Å². The maximum absolute atomic E-state index is 11.9. The van der Waals surface area contributed by atoms with E-state index in [2.05, 4.69) is 4.72 Å². The Morgan fingerprint density at radius 3 is 2.65 bits per heavy atom. The second kappa shape index (κ2) is 6.49. The molecule has 0 saturated carbocycles. The molecule has 0 spiro atoms. The van der Waals surface area contributed by atoms with E-state index in [1.807, 2.05) is 13.8 Å². The van der Waals surface area contributed by atoms with Crippen molar-refractivity contribution in [2.24, 2.45) is 5.92 Å². The predicted molar refractivity (Wildman–Crippen MR) is 69.7 cm³/mol. The van der Waals surface area contributed by atoms with Gasteiger partial charge < -0.3 is 5.11 Å². The largest absolute Gasteiger partial charge is 0.396 e. The molecule has 0 aliphatic heterocycles. The van der Waals surface area contributed by atoms with Gasteiger partial charge in [0.25, 0.3) is 0 Å². The fourth-order valence-electron chi connectivity index (χ4n) is 1.49. The van der Waals surface area contributed by atoms with E-state index in [-0.39, 0.29) is 12.5 Å². The first kappa shape index (κ1) is 14.6. The van der Waals surface area contributed by atoms with Crippen LogP contribution < -0.4 is 4.72 Å². The number of hydrogen-bond acceptors (Lipinski definition) is 4. The molecule has 0 saturated heterocycles. The van der Waals surface area contributed by atoms with E-state index >= 15 is 0 Å². The maximum Gasteiger partial charge on any atom is 0.250 e. The molecule has 6 heteroatoms. The topological polar surface area (TPSA) is 66.4 Å². The van der Waals surface area contributed by atoms with Crippen LogP contribution in [0.15, 0.2) is 16.3 Å². The van der Waals surface area contributed by atoms with E-state index in [1.165, 1.54) is 11.3 Å². The van der Waals surface area contributed by atoms with Gasteiger partial charge in [-0.2, -0.15) is 0 Å². The minimum absolute atomic E-state index is 0.0956. The number of nitrogens with one attached hydrogen (secondary N) is 1. The summed E-state index contributed by atoms with van der Waals surface area (Å²) in [6.45, 7) is 4.35. The zero-order valence-corrected chi connectivity index (χ0v) is 11.8. The van der Waals surface area contributed by atoms with E-state index in [1.54, 1.807) is 12.1 Å². The smallest absolute Gasteiger partial charge is 0.250 e. The molecule has 0 amide bonds. The van der Waals surface area contributed by atoms with Gasteiger partial charge in [-0.25, -0.2) is 13.1 Å². The highest BCUT2D eigenvalue weighted by Gasteiger charge is 2.17. The van der Waals surface area contributed by atoms with Crippen LogP contribution in [-0.2, 0) is 10.0 Å². The lowest BCUT2D eigenvalue weighted by atomic mass is 10.0. The van der Waals surface area contributed by atoms with Crippen molar-refractivity contribution in [2.45, 2.75) is 30.9 Å². The molecule has 0 aliphatic carbocycles. The van der Waals surface area contributed by atoms with E-state index < -0.39 is 10.0 Å². The Kier molecular flexibility index (Phi) is 5.58. The first-order chi connectivity index (χ1) is 7.99. The second-order valence-corrected chi connectivity index (χ2v) is 7.29. The molecule has 1 rings (SSSR count). The number of sulfonamides is 1. The SMILES string of the molecule is CCC(CCO)CNS(=O)(=O)c1ccc(C)s1. The number of thiophene rings is 1. The molecule has 0 aliphatic rings. The molecule has 0 fully saturated rings. The van der Waals surface area contributed by atoms with Crippen molar-refractivity contribution < 1.29 is 13.5 Å². The van der Waals surface area contributed by atoms with Gasteiger partial charge in [0.1, 0.15) is 4.21 Å². The molecule has 2 N–H and O–H groups in total. The van der Waals surface area contributed by atoms with Gasteiger partial charge in [-0.3, -0.25) is 0 Å². The third kappa shape index (κ3) is 4.39. The summed E-state index contributed by atoms with van der Waals surface area (Å²) in [6.07, 6.45) is 1.48. The van der Waals surface area contributed by atoms with Gasteiger partial charge in [0.05, 0.1) is 0 Å². The highest BCUT2D eigenvalue weighted by atomic mass is 32.2. The average molecular weight is 277 g/mol. The lowest BCUT2D eigenvalue weighted by Crippen LogP contribution is -2.29. The normalized spacial score (nSPS) is 13.8. The summed E-state index contributed by atoms with van der Waals surface area (Å²) in [5.74, 6) is 0.191. The van der Waals surface area contributed by atoms with Crippen LogP contribution in [0.5, 0.6) is 0 Å². The molecular weight excluding hydrogens is 258 g/mol. The van der Waals surface area contributed by atoms with Crippen LogP contribution in [0.1, 0.15) is 24.6 Å². The van der Waals surface area contributed by atoms with Crippen LogP contribution >= 0.6 is 11.3 Å². The van der Waals surface area contributed by atoms with Crippen LogP contribution in [0.3, 0.4) is 0 Å². The summed E-state index contributed by atoms with van der Waals surface area (Å²) >= 11 is 1.27. The Morgan fingerprint density at radius 2 is 2.18 bits per heavy atom. The van der Waals surface area contributed by atoms with Gasteiger partial charge >= 0.3 is 0 Å². The van der Waals surface area contributed by atoms with Crippen LogP contribution in [0.25, 0.3) is 0 Å². The van der Waals surface area contributed by atoms with Gasteiger partial charge in [0.15, 0.2) is 0 Å². The van der Waals surface area contributed by atoms with Crippen LogP contribution in [-0.4, -0.2) is 26.7 Å². The van der Waals surface area contributed by atoms with Crippen molar-refractivity contribution in [1.29, 1.82) is 0 Å². The van der Waals surface area contributed by atoms with Crippen molar-refractivity contribution in [3.63, 3.8) is 0 Å². The molecule has 1 aromatic heterocycles. The molecule has 1 atom stereocenters. The number of aliphatic hydroxyl groups is 1. The average Bonchev–Trinajstić information content (AvgIpc) is 2.72. The number of hydrogen-bond donors (Lipinski definition) is 2. The molecule has 1 aromatic rings. The minimum Gasteiger partial charge on any atom is -0.396 e. The van der Waals surface area contributed by atoms with Gasteiger partial charge in [0.2, 0.25) is 10.0 Å². The lowest BCUT2D eigenvalue weighted by molar-refractivity contribution is 0.254. The summed E-state index contributed by atoms with van der Waals surface area (Å²) in [5, 5.41) is 8.84. The summed E-state index contributed by atoms with van der Waals surface area (Å²) < 4.78 is 26.8. The summed E-state index contributed by atoms with van der Waals surface area (Å²) in [6, 6.07) is 3.42. The fraction of sp³-hybridized carbons (Fsp3) is 0.636. The Bertz CT molecular complexity index is 439. The van der Waals surface area contributed by atoms with Gasteiger partial charge in [-0.15, -0.1) is 11.3 Å². The van der Waals surface area contributed by atoms with Crippen LogP contribution in [0.4, 0.5) is 0 Å². The molecule has 17 heavy (non-hydrogen) atoms. The standard InChI is InChI=1S/C11H19NO3S2/c1-3-10(6-7-13)8-12-17(14,15)11-5-4-9(2)16-11/h4-5,10,12-13H,3,6-8H2,1-2H3. The minimum atomic E-state index is -3.38. The number of aryl methyl sites for hydroxylation is 1. The van der Waals surface area contributed by atoms with Crippen LogP contribution in [0.2, 0.25) is 0 Å². The van der Waals surface area contributed by atoms with Gasteiger partial charge in [-0.05, 0) is 31.4 Å². The Hall–Kier alpha value is -0.430. The summed E-state index contributed by atoms with van der Waals surface area (Å²) in [5.41, 5.74) is 0. The van der Waals surface area contributed by atoms with E-state index in [0.717, 1.165) is 11.3 Å². The van der Waals surface area contributed by atoms with Crippen molar-refractivity contribution in [2.75, 3.05) is 13.2 Å². The third-order valence-corrected chi connectivity index (χ3v) is 5.57. The quantitative estimate of drug-likeness (QED) is 0.798. The monoisotopic (exact) mass is 277 g/mol. The van der Waals surface area contributed by atoms with Crippen molar-refractivity contribution in [3.8, 4) is 0 Å². The third-order valence-electron chi connectivity index (χ3n) is 2.66. The van der Waals surface area contributed by atoms with Crippen molar-refractivity contribution >= 4 is 21.4 Å². The zero-order chi connectivity index (χ0) is 12.9. The predicted octanol–water partition coefficient (Wildman–Crippen LogP) is 1.74. The first-order valence-corrected chi connectivity index (χ1v) is 7.96. The Morgan fingerprint density at radius 1 is 1.47 bits per heavy atom. The molecule has 98 valence electrons. The Balaban J connectivity index is 2.61. The summed E-state index contributed by atoms with van der Waals surface area (Å²) in [4.78, 5) is 0.979. The molecule has 0 radical (unpaired) electrons. The molecule has 0 aromatic carbocycles. The summed E-state index contributed by atoms with van der Waals surface area (Å²) in [7, 11) is -3.38. The lowest BCUT2D eigenvalue weighted by Gasteiger charge is -2.13.